The van der Waals surface area contributed by atoms with Crippen LogP contribution in [0.4, 0.5) is 5.69 Å². The van der Waals surface area contributed by atoms with Crippen molar-refractivity contribution in [2.45, 2.75) is 32.7 Å². The second-order valence-corrected chi connectivity index (χ2v) is 7.41. The van der Waals surface area contributed by atoms with Gasteiger partial charge < -0.3 is 15.7 Å². The lowest BCUT2D eigenvalue weighted by atomic mass is 9.93. The molecule has 1 aromatic heterocycles. The SMILES string of the molecule is C[C@@H]1CCc2nc(CNc3cccc(C(=O)NCCO)c3)sc2C1. The Morgan fingerprint density at radius 3 is 3.17 bits per heavy atom. The molecule has 0 saturated heterocycles. The summed E-state index contributed by atoms with van der Waals surface area (Å²) in [6.07, 6.45) is 3.47. The molecule has 1 aromatic carbocycles. The molecule has 5 nitrogen and oxygen atoms in total. The van der Waals surface area contributed by atoms with Crippen LogP contribution in [0.2, 0.25) is 0 Å². The zero-order chi connectivity index (χ0) is 16.9. The number of carbonyl (C=O) groups is 1. The van der Waals surface area contributed by atoms with E-state index in [0.717, 1.165) is 29.5 Å². The molecule has 2 aromatic rings. The van der Waals surface area contributed by atoms with Crippen LogP contribution < -0.4 is 10.6 Å². The standard InChI is InChI=1S/C18H23N3O2S/c1-12-5-6-15-16(9-12)24-17(21-15)11-20-14-4-2-3-13(10-14)18(23)19-7-8-22/h2-4,10,12,20,22H,5-9,11H2,1H3,(H,19,23)/t12-/m1/s1. The fraction of sp³-hybridized carbons (Fsp3) is 0.444. The third kappa shape index (κ3) is 4.13. The first-order chi connectivity index (χ1) is 11.7. The summed E-state index contributed by atoms with van der Waals surface area (Å²) in [5.74, 6) is 0.583. The van der Waals surface area contributed by atoms with Crippen LogP contribution in [0.3, 0.4) is 0 Å². The lowest BCUT2D eigenvalue weighted by molar-refractivity contribution is 0.0945. The summed E-state index contributed by atoms with van der Waals surface area (Å²) < 4.78 is 0. The molecule has 24 heavy (non-hydrogen) atoms. The molecule has 1 aliphatic carbocycles. The molecule has 3 rings (SSSR count). The predicted octanol–water partition coefficient (Wildman–Crippen LogP) is 2.60. The fourth-order valence-electron chi connectivity index (χ4n) is 2.89. The van der Waals surface area contributed by atoms with Crippen LogP contribution in [0.15, 0.2) is 24.3 Å². The molecule has 0 fully saturated rings. The number of aryl methyl sites for hydroxylation is 1. The molecule has 0 aliphatic heterocycles. The minimum atomic E-state index is -0.175. The first kappa shape index (κ1) is 16.9. The number of thiazole rings is 1. The van der Waals surface area contributed by atoms with Crippen molar-refractivity contribution in [3.63, 3.8) is 0 Å². The van der Waals surface area contributed by atoms with Gasteiger partial charge in [0.15, 0.2) is 0 Å². The van der Waals surface area contributed by atoms with Gasteiger partial charge in [-0.15, -0.1) is 11.3 Å². The zero-order valence-electron chi connectivity index (χ0n) is 13.8. The summed E-state index contributed by atoms with van der Waals surface area (Å²) in [5, 5.41) is 15.9. The number of carbonyl (C=O) groups excluding carboxylic acids is 1. The van der Waals surface area contributed by atoms with Crippen molar-refractivity contribution in [2.24, 2.45) is 5.92 Å². The molecular weight excluding hydrogens is 322 g/mol. The highest BCUT2D eigenvalue weighted by Gasteiger charge is 2.19. The van der Waals surface area contributed by atoms with Gasteiger partial charge in [0.1, 0.15) is 5.01 Å². The van der Waals surface area contributed by atoms with Crippen LogP contribution in [-0.2, 0) is 19.4 Å². The molecule has 6 heteroatoms. The quantitative estimate of drug-likeness (QED) is 0.752. The Labute approximate surface area is 146 Å². The molecule has 0 unspecified atom stereocenters. The molecule has 0 radical (unpaired) electrons. The Morgan fingerprint density at radius 1 is 1.46 bits per heavy atom. The number of aliphatic hydroxyl groups excluding tert-OH is 1. The number of hydrogen-bond acceptors (Lipinski definition) is 5. The van der Waals surface area contributed by atoms with Crippen molar-refractivity contribution in [3.8, 4) is 0 Å². The molecule has 1 aliphatic rings. The minimum absolute atomic E-state index is 0.0585. The summed E-state index contributed by atoms with van der Waals surface area (Å²) in [7, 11) is 0. The number of amides is 1. The van der Waals surface area contributed by atoms with Gasteiger partial charge in [0.05, 0.1) is 18.8 Å². The Bertz CT molecular complexity index is 714. The van der Waals surface area contributed by atoms with E-state index in [1.54, 1.807) is 17.4 Å². The van der Waals surface area contributed by atoms with Gasteiger partial charge in [-0.05, 0) is 43.4 Å². The Morgan fingerprint density at radius 2 is 2.33 bits per heavy atom. The van der Waals surface area contributed by atoms with E-state index in [-0.39, 0.29) is 19.1 Å². The summed E-state index contributed by atoms with van der Waals surface area (Å²) in [5.41, 5.74) is 2.75. The predicted molar refractivity (Wildman–Crippen MR) is 96.5 cm³/mol. The second-order valence-electron chi connectivity index (χ2n) is 6.24. The normalized spacial score (nSPS) is 16.5. The van der Waals surface area contributed by atoms with E-state index >= 15 is 0 Å². The summed E-state index contributed by atoms with van der Waals surface area (Å²) in [4.78, 5) is 18.1. The molecular formula is C18H23N3O2S. The monoisotopic (exact) mass is 345 g/mol. The number of hydrogen-bond donors (Lipinski definition) is 3. The molecule has 1 heterocycles. The summed E-state index contributed by atoms with van der Waals surface area (Å²) in [6, 6.07) is 7.38. The van der Waals surface area contributed by atoms with Crippen molar-refractivity contribution in [3.05, 3.63) is 45.4 Å². The number of benzene rings is 1. The van der Waals surface area contributed by atoms with Gasteiger partial charge in [0, 0.05) is 22.7 Å². The average Bonchev–Trinajstić information content (AvgIpc) is 3.00. The van der Waals surface area contributed by atoms with Crippen LogP contribution in [-0.4, -0.2) is 29.1 Å². The van der Waals surface area contributed by atoms with E-state index in [2.05, 4.69) is 17.6 Å². The third-order valence-electron chi connectivity index (χ3n) is 4.20. The molecule has 0 spiro atoms. The van der Waals surface area contributed by atoms with E-state index in [1.165, 1.54) is 17.0 Å². The molecule has 128 valence electrons. The minimum Gasteiger partial charge on any atom is -0.395 e. The van der Waals surface area contributed by atoms with Crippen molar-refractivity contribution in [1.29, 1.82) is 0 Å². The highest BCUT2D eigenvalue weighted by atomic mass is 32.1. The Balaban J connectivity index is 1.62. The van der Waals surface area contributed by atoms with Gasteiger partial charge in [-0.2, -0.15) is 0 Å². The molecule has 1 atom stereocenters. The van der Waals surface area contributed by atoms with Crippen molar-refractivity contribution in [2.75, 3.05) is 18.5 Å². The second kappa shape index (κ2) is 7.77. The lowest BCUT2D eigenvalue weighted by Crippen LogP contribution is -2.26. The summed E-state index contributed by atoms with van der Waals surface area (Å²) >= 11 is 1.80. The highest BCUT2D eigenvalue weighted by Crippen LogP contribution is 2.30. The number of aliphatic hydroxyl groups is 1. The Kier molecular flexibility index (Phi) is 5.48. The van der Waals surface area contributed by atoms with Gasteiger partial charge in [-0.1, -0.05) is 13.0 Å². The smallest absolute Gasteiger partial charge is 0.251 e. The molecule has 0 bridgehead atoms. The van der Waals surface area contributed by atoms with Gasteiger partial charge in [0.25, 0.3) is 5.91 Å². The van der Waals surface area contributed by atoms with Crippen LogP contribution >= 0.6 is 11.3 Å². The summed E-state index contributed by atoms with van der Waals surface area (Å²) in [6.45, 7) is 3.18. The van der Waals surface area contributed by atoms with Gasteiger partial charge in [-0.3, -0.25) is 4.79 Å². The van der Waals surface area contributed by atoms with E-state index in [1.807, 2.05) is 18.2 Å². The third-order valence-corrected chi connectivity index (χ3v) is 5.32. The number of anilines is 1. The van der Waals surface area contributed by atoms with Crippen LogP contribution in [0.5, 0.6) is 0 Å². The van der Waals surface area contributed by atoms with Crippen LogP contribution in [0.25, 0.3) is 0 Å². The first-order valence-corrected chi connectivity index (χ1v) is 9.18. The van der Waals surface area contributed by atoms with Gasteiger partial charge in [0.2, 0.25) is 0 Å². The maximum absolute atomic E-state index is 11.9. The van der Waals surface area contributed by atoms with E-state index in [0.29, 0.717) is 12.1 Å². The van der Waals surface area contributed by atoms with Crippen molar-refractivity contribution >= 4 is 22.9 Å². The number of aromatic nitrogens is 1. The van der Waals surface area contributed by atoms with E-state index < -0.39 is 0 Å². The molecule has 0 saturated carbocycles. The topological polar surface area (TPSA) is 74.2 Å². The van der Waals surface area contributed by atoms with E-state index in [9.17, 15) is 4.79 Å². The molecule has 1 amide bonds. The fourth-order valence-corrected chi connectivity index (χ4v) is 4.11. The number of rotatable bonds is 6. The average molecular weight is 345 g/mol. The highest BCUT2D eigenvalue weighted by molar-refractivity contribution is 7.11. The molecule has 3 N–H and O–H groups in total. The van der Waals surface area contributed by atoms with Crippen molar-refractivity contribution in [1.82, 2.24) is 10.3 Å². The van der Waals surface area contributed by atoms with E-state index in [4.69, 9.17) is 10.1 Å². The lowest BCUT2D eigenvalue weighted by Gasteiger charge is -2.15. The number of fused-ring (bicyclic) bond motifs is 1. The van der Waals surface area contributed by atoms with Crippen LogP contribution in [0.1, 0.15) is 39.3 Å². The van der Waals surface area contributed by atoms with Gasteiger partial charge >= 0.3 is 0 Å². The zero-order valence-corrected chi connectivity index (χ0v) is 14.7. The number of nitrogens with zero attached hydrogens (tertiary/aromatic N) is 1. The maximum Gasteiger partial charge on any atom is 0.251 e. The largest absolute Gasteiger partial charge is 0.395 e. The van der Waals surface area contributed by atoms with Gasteiger partial charge in [-0.25, -0.2) is 4.98 Å². The van der Waals surface area contributed by atoms with Crippen LogP contribution in [0, 0.1) is 5.92 Å². The van der Waals surface area contributed by atoms with Crippen molar-refractivity contribution < 1.29 is 9.90 Å². The first-order valence-electron chi connectivity index (χ1n) is 8.36. The number of nitrogens with one attached hydrogen (secondary N) is 2. The maximum atomic E-state index is 11.9. The Hall–Kier alpha value is -1.92.